The summed E-state index contributed by atoms with van der Waals surface area (Å²) in [6, 6.07) is 0.604. The average Bonchev–Trinajstić information content (AvgIpc) is 2.61. The molecule has 2 atom stereocenters. The van der Waals surface area contributed by atoms with Crippen LogP contribution in [0.4, 0.5) is 0 Å². The Balaban J connectivity index is 2.20. The molecule has 1 N–H and O–H groups in total. The van der Waals surface area contributed by atoms with Crippen molar-refractivity contribution in [2.75, 3.05) is 6.54 Å². The van der Waals surface area contributed by atoms with Crippen LogP contribution in [0.3, 0.4) is 0 Å². The van der Waals surface area contributed by atoms with Crippen molar-refractivity contribution in [3.63, 3.8) is 0 Å². The highest BCUT2D eigenvalue weighted by Crippen LogP contribution is 2.36. The Kier molecular flexibility index (Phi) is 4.67. The van der Waals surface area contributed by atoms with Gasteiger partial charge in [0.1, 0.15) is 0 Å². The first-order chi connectivity index (χ1) is 9.02. The van der Waals surface area contributed by atoms with E-state index in [2.05, 4.69) is 44.6 Å². The second kappa shape index (κ2) is 6.08. The number of rotatable bonds is 4. The van der Waals surface area contributed by atoms with Crippen LogP contribution in [-0.4, -0.2) is 16.3 Å². The van der Waals surface area contributed by atoms with Crippen molar-refractivity contribution < 1.29 is 0 Å². The van der Waals surface area contributed by atoms with Crippen molar-refractivity contribution in [2.45, 2.75) is 66.5 Å². The lowest BCUT2D eigenvalue weighted by Gasteiger charge is -2.32. The Labute approximate surface area is 117 Å². The van der Waals surface area contributed by atoms with E-state index >= 15 is 0 Å². The quantitative estimate of drug-likeness (QED) is 0.899. The topological polar surface area (TPSA) is 29.9 Å². The van der Waals surface area contributed by atoms with Crippen molar-refractivity contribution in [2.24, 2.45) is 11.8 Å². The summed E-state index contributed by atoms with van der Waals surface area (Å²) in [6.45, 7) is 13.3. The smallest absolute Gasteiger partial charge is 0.0641 e. The molecule has 3 heteroatoms. The van der Waals surface area contributed by atoms with Gasteiger partial charge in [0.2, 0.25) is 0 Å². The summed E-state index contributed by atoms with van der Waals surface area (Å²) < 4.78 is 2.31. The third-order valence-electron chi connectivity index (χ3n) is 4.53. The van der Waals surface area contributed by atoms with E-state index < -0.39 is 0 Å². The molecular formula is C16H29N3. The Hall–Kier alpha value is -0.830. The van der Waals surface area contributed by atoms with Crippen LogP contribution in [0, 0.1) is 25.7 Å². The van der Waals surface area contributed by atoms with E-state index in [9.17, 15) is 0 Å². The lowest BCUT2D eigenvalue weighted by molar-refractivity contribution is 0.207. The van der Waals surface area contributed by atoms with Crippen LogP contribution >= 0.6 is 0 Å². The first-order valence-corrected chi connectivity index (χ1v) is 7.78. The van der Waals surface area contributed by atoms with Crippen molar-refractivity contribution in [3.05, 3.63) is 17.0 Å². The molecular weight excluding hydrogens is 234 g/mol. The standard InChI is InChI=1S/C16H29N3/c1-6-17-10-16-13(4)18-19(14(16)5)15-8-11(2)7-12(3)9-15/h11-12,15,17H,6-10H2,1-5H3. The molecule has 3 nitrogen and oxygen atoms in total. The molecule has 1 aromatic rings. The molecule has 0 bridgehead atoms. The van der Waals surface area contributed by atoms with Gasteiger partial charge >= 0.3 is 0 Å². The summed E-state index contributed by atoms with van der Waals surface area (Å²) in [4.78, 5) is 0. The minimum atomic E-state index is 0.604. The maximum absolute atomic E-state index is 4.83. The summed E-state index contributed by atoms with van der Waals surface area (Å²) >= 11 is 0. The van der Waals surface area contributed by atoms with Crippen LogP contribution in [0.1, 0.15) is 63.0 Å². The van der Waals surface area contributed by atoms with Gasteiger partial charge in [-0.05, 0) is 51.5 Å². The van der Waals surface area contributed by atoms with E-state index in [1.807, 2.05) is 0 Å². The van der Waals surface area contributed by atoms with Crippen LogP contribution in [0.25, 0.3) is 0 Å². The minimum absolute atomic E-state index is 0.604. The van der Waals surface area contributed by atoms with Crippen LogP contribution in [0.15, 0.2) is 0 Å². The van der Waals surface area contributed by atoms with Crippen LogP contribution in [0.2, 0.25) is 0 Å². The normalized spacial score (nSPS) is 27.7. The number of hydrogen-bond donors (Lipinski definition) is 1. The zero-order chi connectivity index (χ0) is 14.0. The Morgan fingerprint density at radius 3 is 2.37 bits per heavy atom. The molecule has 2 rings (SSSR count). The third-order valence-corrected chi connectivity index (χ3v) is 4.53. The van der Waals surface area contributed by atoms with Crippen LogP contribution in [0.5, 0.6) is 0 Å². The summed E-state index contributed by atoms with van der Waals surface area (Å²) in [7, 11) is 0. The highest BCUT2D eigenvalue weighted by molar-refractivity contribution is 5.25. The Morgan fingerprint density at radius 2 is 1.79 bits per heavy atom. The summed E-state index contributed by atoms with van der Waals surface area (Å²) in [5.41, 5.74) is 3.96. The zero-order valence-corrected chi connectivity index (χ0v) is 13.2. The second-order valence-electron chi connectivity index (χ2n) is 6.45. The summed E-state index contributed by atoms with van der Waals surface area (Å²) in [5, 5.41) is 8.26. The van der Waals surface area contributed by atoms with Gasteiger partial charge in [-0.15, -0.1) is 0 Å². The number of hydrogen-bond acceptors (Lipinski definition) is 2. The van der Waals surface area contributed by atoms with E-state index in [0.29, 0.717) is 6.04 Å². The number of nitrogens with zero attached hydrogens (tertiary/aromatic N) is 2. The lowest BCUT2D eigenvalue weighted by Crippen LogP contribution is -2.24. The summed E-state index contributed by atoms with van der Waals surface area (Å²) in [5.74, 6) is 1.66. The molecule has 19 heavy (non-hydrogen) atoms. The summed E-state index contributed by atoms with van der Waals surface area (Å²) in [6.07, 6.45) is 3.94. The average molecular weight is 263 g/mol. The highest BCUT2D eigenvalue weighted by Gasteiger charge is 2.27. The molecule has 0 aromatic carbocycles. The van der Waals surface area contributed by atoms with Crippen LogP contribution < -0.4 is 5.32 Å². The van der Waals surface area contributed by atoms with Gasteiger partial charge in [0.05, 0.1) is 11.7 Å². The van der Waals surface area contributed by atoms with Gasteiger partial charge in [-0.1, -0.05) is 20.8 Å². The van der Waals surface area contributed by atoms with Gasteiger partial charge in [0.25, 0.3) is 0 Å². The van der Waals surface area contributed by atoms with Gasteiger partial charge in [0, 0.05) is 17.8 Å². The number of aryl methyl sites for hydroxylation is 1. The molecule has 0 radical (unpaired) electrons. The fourth-order valence-electron chi connectivity index (χ4n) is 3.66. The monoisotopic (exact) mass is 263 g/mol. The molecule has 1 fully saturated rings. The fraction of sp³-hybridized carbons (Fsp3) is 0.812. The molecule has 2 unspecified atom stereocenters. The molecule has 0 spiro atoms. The van der Waals surface area contributed by atoms with Crippen molar-refractivity contribution >= 4 is 0 Å². The SMILES string of the molecule is CCNCc1c(C)nn(C2CC(C)CC(C)C2)c1C. The molecule has 1 aliphatic carbocycles. The zero-order valence-electron chi connectivity index (χ0n) is 13.2. The van der Waals surface area contributed by atoms with Gasteiger partial charge < -0.3 is 5.32 Å². The molecule has 0 amide bonds. The number of aromatic nitrogens is 2. The minimum Gasteiger partial charge on any atom is -0.313 e. The number of nitrogens with one attached hydrogen (secondary N) is 1. The largest absolute Gasteiger partial charge is 0.313 e. The van der Waals surface area contributed by atoms with Gasteiger partial charge in [-0.25, -0.2) is 0 Å². The predicted octanol–water partition coefficient (Wildman–Crippen LogP) is 3.61. The maximum atomic E-state index is 4.83. The first kappa shape index (κ1) is 14.6. The van der Waals surface area contributed by atoms with E-state index in [1.54, 1.807) is 0 Å². The molecule has 1 aliphatic rings. The van der Waals surface area contributed by atoms with Crippen molar-refractivity contribution in [1.29, 1.82) is 0 Å². The van der Waals surface area contributed by atoms with Gasteiger partial charge in [-0.3, -0.25) is 4.68 Å². The lowest BCUT2D eigenvalue weighted by atomic mass is 9.80. The van der Waals surface area contributed by atoms with E-state index in [0.717, 1.165) is 24.9 Å². The molecule has 1 saturated carbocycles. The van der Waals surface area contributed by atoms with E-state index in [4.69, 9.17) is 5.10 Å². The van der Waals surface area contributed by atoms with Crippen molar-refractivity contribution in [3.8, 4) is 0 Å². The van der Waals surface area contributed by atoms with Gasteiger partial charge in [0.15, 0.2) is 0 Å². The van der Waals surface area contributed by atoms with Crippen LogP contribution in [-0.2, 0) is 6.54 Å². The van der Waals surface area contributed by atoms with Crippen molar-refractivity contribution in [1.82, 2.24) is 15.1 Å². The molecule has 0 aliphatic heterocycles. The molecule has 0 saturated heterocycles. The molecule has 1 aromatic heterocycles. The Morgan fingerprint density at radius 1 is 1.16 bits per heavy atom. The first-order valence-electron chi connectivity index (χ1n) is 7.78. The second-order valence-corrected chi connectivity index (χ2v) is 6.45. The predicted molar refractivity (Wildman–Crippen MR) is 80.3 cm³/mol. The fourth-order valence-corrected chi connectivity index (χ4v) is 3.66. The Bertz CT molecular complexity index is 412. The highest BCUT2D eigenvalue weighted by atomic mass is 15.3. The third kappa shape index (κ3) is 3.19. The molecule has 1 heterocycles. The van der Waals surface area contributed by atoms with Gasteiger partial charge in [-0.2, -0.15) is 5.10 Å². The molecule has 108 valence electrons. The van der Waals surface area contributed by atoms with E-state index in [-0.39, 0.29) is 0 Å². The maximum Gasteiger partial charge on any atom is 0.0641 e. The van der Waals surface area contributed by atoms with E-state index in [1.165, 1.54) is 36.2 Å².